The predicted molar refractivity (Wildman–Crippen MR) is 136 cm³/mol. The Hall–Kier alpha value is -4.09. The summed E-state index contributed by atoms with van der Waals surface area (Å²) in [6.45, 7) is 1.11. The van der Waals surface area contributed by atoms with Gasteiger partial charge in [-0.05, 0) is 42.5 Å². The van der Waals surface area contributed by atoms with Gasteiger partial charge >= 0.3 is 12.2 Å². The number of rotatable bonds is 8. The minimum absolute atomic E-state index is 0.0602. The highest BCUT2D eigenvalue weighted by Gasteiger charge is 2.33. The number of fused-ring (bicyclic) bond motifs is 1. The maximum absolute atomic E-state index is 13.1. The third-order valence-electron chi connectivity index (χ3n) is 4.98. The molecular weight excluding hydrogens is 511 g/mol. The zero-order chi connectivity index (χ0) is 26.4. The van der Waals surface area contributed by atoms with Crippen LogP contribution >= 0.6 is 11.6 Å². The molecule has 0 bridgehead atoms. The zero-order valence-corrected chi connectivity index (χ0v) is 20.2. The molecule has 4 aromatic rings. The van der Waals surface area contributed by atoms with Crippen LogP contribution in [0.15, 0.2) is 66.9 Å². The summed E-state index contributed by atoms with van der Waals surface area (Å²) in [4.78, 5) is 21.3. The van der Waals surface area contributed by atoms with Crippen LogP contribution < -0.4 is 20.7 Å². The van der Waals surface area contributed by atoms with Crippen molar-refractivity contribution >= 4 is 45.9 Å². The average Bonchev–Trinajstić information content (AvgIpc) is 2.85. The lowest BCUT2D eigenvalue weighted by Crippen LogP contribution is -2.20. The number of halogens is 4. The van der Waals surface area contributed by atoms with Gasteiger partial charge in [-0.25, -0.2) is 9.78 Å². The molecule has 3 aromatic carbocycles. The number of nitrogens with zero attached hydrogens (tertiary/aromatic N) is 2. The normalized spacial score (nSPS) is 11.3. The number of anilines is 3. The monoisotopic (exact) mass is 531 g/mol. The summed E-state index contributed by atoms with van der Waals surface area (Å²) < 4.78 is 50.1. The van der Waals surface area contributed by atoms with E-state index in [1.165, 1.54) is 6.07 Å². The lowest BCUT2D eigenvalue weighted by Gasteiger charge is -2.13. The van der Waals surface area contributed by atoms with Crippen LogP contribution in [-0.4, -0.2) is 36.3 Å². The average molecular weight is 532 g/mol. The first-order chi connectivity index (χ1) is 17.7. The van der Waals surface area contributed by atoms with Crippen molar-refractivity contribution in [3.05, 3.63) is 77.4 Å². The summed E-state index contributed by atoms with van der Waals surface area (Å²) in [5.74, 6) is 1.52. The molecule has 192 valence electrons. The van der Waals surface area contributed by atoms with E-state index < -0.39 is 22.8 Å². The fraction of sp³-hybridized carbons (Fsp3) is 0.160. The van der Waals surface area contributed by atoms with Gasteiger partial charge in [0, 0.05) is 37.2 Å². The number of aromatic nitrogens is 2. The van der Waals surface area contributed by atoms with E-state index in [0.717, 1.165) is 12.1 Å². The standard InChI is InChI=1S/C25H21ClF3N5O3/c1-36-10-9-30-23-14-31-21-8-6-18(13-22(21)34-23)37-17-4-2-3-15(11-17)32-24(35)33-16-5-7-20(26)19(12-16)25(27,28)29/h2-8,11-14H,9-10H2,1H3,(H,30,34)(H2,32,33,35). The maximum atomic E-state index is 13.1. The first kappa shape index (κ1) is 26.0. The van der Waals surface area contributed by atoms with E-state index in [0.29, 0.717) is 47.2 Å². The Morgan fingerprint density at radius 3 is 2.49 bits per heavy atom. The number of urea groups is 1. The van der Waals surface area contributed by atoms with Crippen LogP contribution in [0.5, 0.6) is 11.5 Å². The van der Waals surface area contributed by atoms with Gasteiger partial charge in [0.2, 0.25) is 0 Å². The summed E-state index contributed by atoms with van der Waals surface area (Å²) >= 11 is 5.62. The first-order valence-electron chi connectivity index (χ1n) is 10.9. The lowest BCUT2D eigenvalue weighted by atomic mass is 10.2. The third-order valence-corrected chi connectivity index (χ3v) is 5.31. The van der Waals surface area contributed by atoms with Crippen molar-refractivity contribution < 1.29 is 27.4 Å². The lowest BCUT2D eigenvalue weighted by molar-refractivity contribution is -0.137. The van der Waals surface area contributed by atoms with Gasteiger partial charge in [-0.3, -0.25) is 4.98 Å². The second-order valence-corrected chi connectivity index (χ2v) is 8.13. The molecule has 8 nitrogen and oxygen atoms in total. The van der Waals surface area contributed by atoms with Gasteiger partial charge in [0.1, 0.15) is 17.3 Å². The van der Waals surface area contributed by atoms with Gasteiger partial charge in [0.05, 0.1) is 34.4 Å². The Balaban J connectivity index is 1.43. The fourth-order valence-corrected chi connectivity index (χ4v) is 3.53. The molecule has 0 aliphatic rings. The van der Waals surface area contributed by atoms with E-state index in [4.69, 9.17) is 21.1 Å². The number of carbonyl (C=O) groups is 1. The number of methoxy groups -OCH3 is 1. The second-order valence-electron chi connectivity index (χ2n) is 7.73. The molecule has 0 saturated heterocycles. The highest BCUT2D eigenvalue weighted by atomic mass is 35.5. The van der Waals surface area contributed by atoms with Gasteiger partial charge in [-0.2, -0.15) is 13.2 Å². The molecule has 1 heterocycles. The number of nitrogens with one attached hydrogen (secondary N) is 3. The summed E-state index contributed by atoms with van der Waals surface area (Å²) in [7, 11) is 1.61. The molecule has 3 N–H and O–H groups in total. The number of ether oxygens (including phenoxy) is 2. The van der Waals surface area contributed by atoms with Crippen molar-refractivity contribution in [1.82, 2.24) is 9.97 Å². The Bertz CT molecular complexity index is 1420. The van der Waals surface area contributed by atoms with Gasteiger partial charge in [0.25, 0.3) is 0 Å². The Kier molecular flexibility index (Phi) is 7.95. The number of amides is 2. The van der Waals surface area contributed by atoms with Gasteiger partial charge in [0.15, 0.2) is 0 Å². The molecule has 1 aromatic heterocycles. The van der Waals surface area contributed by atoms with E-state index in [9.17, 15) is 18.0 Å². The number of hydrogen-bond donors (Lipinski definition) is 3. The van der Waals surface area contributed by atoms with Gasteiger partial charge in [-0.15, -0.1) is 0 Å². The van der Waals surface area contributed by atoms with Crippen molar-refractivity contribution in [2.45, 2.75) is 6.18 Å². The smallest absolute Gasteiger partial charge is 0.417 e. The van der Waals surface area contributed by atoms with Crippen LogP contribution in [0.1, 0.15) is 5.56 Å². The van der Waals surface area contributed by atoms with Crippen LogP contribution in [-0.2, 0) is 10.9 Å². The topological polar surface area (TPSA) is 97.4 Å². The molecule has 0 spiro atoms. The third kappa shape index (κ3) is 6.99. The maximum Gasteiger partial charge on any atom is 0.417 e. The summed E-state index contributed by atoms with van der Waals surface area (Å²) in [5, 5.41) is 7.59. The van der Waals surface area contributed by atoms with Crippen molar-refractivity contribution in [2.75, 3.05) is 36.2 Å². The van der Waals surface area contributed by atoms with Gasteiger partial charge in [-0.1, -0.05) is 17.7 Å². The van der Waals surface area contributed by atoms with Crippen molar-refractivity contribution in [2.24, 2.45) is 0 Å². The van der Waals surface area contributed by atoms with E-state index in [2.05, 4.69) is 25.9 Å². The van der Waals surface area contributed by atoms with Crippen molar-refractivity contribution in [1.29, 1.82) is 0 Å². The SMILES string of the molecule is COCCNc1cnc2ccc(Oc3cccc(NC(=O)Nc4ccc(Cl)c(C(F)(F)F)c4)c3)cc2n1. The quantitative estimate of drug-likeness (QED) is 0.216. The highest BCUT2D eigenvalue weighted by Crippen LogP contribution is 2.36. The Morgan fingerprint density at radius 2 is 1.73 bits per heavy atom. The predicted octanol–water partition coefficient (Wildman–Crippen LogP) is 6.80. The zero-order valence-electron chi connectivity index (χ0n) is 19.4. The Labute approximate surface area is 214 Å². The highest BCUT2D eigenvalue weighted by molar-refractivity contribution is 6.31. The number of alkyl halides is 3. The van der Waals surface area contributed by atoms with E-state index >= 15 is 0 Å². The fourth-order valence-electron chi connectivity index (χ4n) is 3.31. The van der Waals surface area contributed by atoms with Crippen LogP contribution in [0.2, 0.25) is 5.02 Å². The second kappa shape index (κ2) is 11.3. The van der Waals surface area contributed by atoms with Crippen molar-refractivity contribution in [3.63, 3.8) is 0 Å². The molecule has 4 rings (SSSR count). The molecule has 0 radical (unpaired) electrons. The molecule has 0 fully saturated rings. The molecule has 0 atom stereocenters. The van der Waals surface area contributed by atoms with E-state index in [1.54, 1.807) is 55.8 Å². The first-order valence-corrected chi connectivity index (χ1v) is 11.3. The number of hydrogen-bond acceptors (Lipinski definition) is 6. The number of carbonyl (C=O) groups excluding carboxylic acids is 1. The largest absolute Gasteiger partial charge is 0.457 e. The Morgan fingerprint density at radius 1 is 0.973 bits per heavy atom. The molecule has 37 heavy (non-hydrogen) atoms. The molecule has 12 heteroatoms. The minimum Gasteiger partial charge on any atom is -0.457 e. The molecule has 2 amide bonds. The molecule has 0 aliphatic heterocycles. The van der Waals surface area contributed by atoms with Gasteiger partial charge < -0.3 is 25.4 Å². The summed E-state index contributed by atoms with van der Waals surface area (Å²) in [5.41, 5.74) is 0.572. The van der Waals surface area contributed by atoms with E-state index in [1.807, 2.05) is 0 Å². The summed E-state index contributed by atoms with van der Waals surface area (Å²) in [6, 6.07) is 14.2. The van der Waals surface area contributed by atoms with Crippen LogP contribution in [0.3, 0.4) is 0 Å². The van der Waals surface area contributed by atoms with Crippen molar-refractivity contribution in [3.8, 4) is 11.5 Å². The molecule has 0 saturated carbocycles. The number of benzene rings is 3. The molecule has 0 aliphatic carbocycles. The summed E-state index contributed by atoms with van der Waals surface area (Å²) in [6.07, 6.45) is -3.01. The van der Waals surface area contributed by atoms with Crippen LogP contribution in [0.4, 0.5) is 35.2 Å². The molecule has 0 unspecified atom stereocenters. The van der Waals surface area contributed by atoms with Crippen LogP contribution in [0, 0.1) is 0 Å². The van der Waals surface area contributed by atoms with Crippen LogP contribution in [0.25, 0.3) is 11.0 Å². The molecular formula is C25H21ClF3N5O3. The minimum atomic E-state index is -4.65. The van der Waals surface area contributed by atoms with E-state index in [-0.39, 0.29) is 5.69 Å².